The van der Waals surface area contributed by atoms with Crippen LogP contribution < -0.4 is 0 Å². The molecule has 0 aromatic heterocycles. The summed E-state index contributed by atoms with van der Waals surface area (Å²) in [4.78, 5) is 24.7. The van der Waals surface area contributed by atoms with E-state index in [2.05, 4.69) is 17.8 Å². The van der Waals surface area contributed by atoms with Crippen molar-refractivity contribution in [3.8, 4) is 37.0 Å². The Bertz CT molecular complexity index is 652. The second kappa shape index (κ2) is 6.69. The number of benzene rings is 1. The Labute approximate surface area is 117 Å². The van der Waals surface area contributed by atoms with Gasteiger partial charge in [0, 0.05) is 5.56 Å². The van der Waals surface area contributed by atoms with Crippen LogP contribution in [0.3, 0.4) is 0 Å². The van der Waals surface area contributed by atoms with E-state index in [0.717, 1.165) is 0 Å². The highest BCUT2D eigenvalue weighted by molar-refractivity contribution is 6.05. The van der Waals surface area contributed by atoms with Crippen molar-refractivity contribution in [2.45, 2.75) is 0 Å². The van der Waals surface area contributed by atoms with E-state index < -0.39 is 11.9 Å². The van der Waals surface area contributed by atoms with E-state index in [4.69, 9.17) is 24.4 Å². The van der Waals surface area contributed by atoms with Crippen LogP contribution in [0.15, 0.2) is 18.2 Å². The van der Waals surface area contributed by atoms with Crippen molar-refractivity contribution in [1.29, 1.82) is 0 Å². The molecular weight excluding hydrogens is 254 g/mol. The van der Waals surface area contributed by atoms with Gasteiger partial charge in [-0.25, -0.2) is 4.79 Å². The second-order valence-corrected chi connectivity index (χ2v) is 3.78. The van der Waals surface area contributed by atoms with E-state index in [0.29, 0.717) is 5.56 Å². The van der Waals surface area contributed by atoms with Crippen LogP contribution in [-0.2, 0) is 0 Å². The van der Waals surface area contributed by atoms with Crippen molar-refractivity contribution in [1.82, 2.24) is 4.90 Å². The number of nitrogens with zero attached hydrogens (tertiary/aromatic N) is 1. The molecular formula is C16H11NO3. The molecule has 1 rings (SSSR count). The minimum atomic E-state index is -1.24. The lowest BCUT2D eigenvalue weighted by Gasteiger charge is -2.18. The van der Waals surface area contributed by atoms with Gasteiger partial charge in [0.25, 0.3) is 5.91 Å². The SMILES string of the molecule is C#CCN(CC#C)C(=O)c1ccc(C#C)cc1C(=O)O. The van der Waals surface area contributed by atoms with Crippen molar-refractivity contribution in [3.63, 3.8) is 0 Å². The fourth-order valence-electron chi connectivity index (χ4n) is 1.59. The molecule has 0 aliphatic heterocycles. The summed E-state index contributed by atoms with van der Waals surface area (Å²) < 4.78 is 0. The first-order chi connectivity index (χ1) is 9.54. The Hall–Kier alpha value is -3.16. The molecule has 0 radical (unpaired) electrons. The van der Waals surface area contributed by atoms with Crippen LogP contribution in [0, 0.1) is 37.0 Å². The molecule has 0 bridgehead atoms. The number of hydrogen-bond acceptors (Lipinski definition) is 2. The third-order valence-corrected chi connectivity index (χ3v) is 2.50. The standard InChI is InChI=1S/C16H11NO3/c1-4-9-17(10-5-2)15(18)13-8-7-12(6-3)11-14(13)16(19)20/h1-3,7-8,11H,9-10H2,(H,19,20). The molecule has 0 atom stereocenters. The molecule has 0 spiro atoms. The van der Waals surface area contributed by atoms with Gasteiger partial charge in [0.15, 0.2) is 0 Å². The van der Waals surface area contributed by atoms with Crippen molar-refractivity contribution >= 4 is 11.9 Å². The Kier molecular flexibility index (Phi) is 4.98. The molecule has 20 heavy (non-hydrogen) atoms. The lowest BCUT2D eigenvalue weighted by molar-refractivity contribution is 0.0681. The summed E-state index contributed by atoms with van der Waals surface area (Å²) in [5, 5.41) is 9.16. The quantitative estimate of drug-likeness (QED) is 0.829. The Morgan fingerprint density at radius 2 is 1.70 bits per heavy atom. The van der Waals surface area contributed by atoms with Crippen molar-refractivity contribution in [3.05, 3.63) is 34.9 Å². The van der Waals surface area contributed by atoms with E-state index in [1.165, 1.54) is 23.1 Å². The van der Waals surface area contributed by atoms with Gasteiger partial charge >= 0.3 is 5.97 Å². The van der Waals surface area contributed by atoms with Gasteiger partial charge in [-0.2, -0.15) is 0 Å². The maximum Gasteiger partial charge on any atom is 0.336 e. The average molecular weight is 265 g/mol. The molecule has 4 nitrogen and oxygen atoms in total. The zero-order valence-corrected chi connectivity index (χ0v) is 10.6. The van der Waals surface area contributed by atoms with Crippen molar-refractivity contribution < 1.29 is 14.7 Å². The van der Waals surface area contributed by atoms with E-state index in [-0.39, 0.29) is 24.2 Å². The minimum absolute atomic E-state index is 0.00101. The molecule has 0 heterocycles. The lowest BCUT2D eigenvalue weighted by Crippen LogP contribution is -2.33. The van der Waals surface area contributed by atoms with E-state index in [1.54, 1.807) is 0 Å². The van der Waals surface area contributed by atoms with E-state index in [1.807, 2.05) is 0 Å². The molecule has 4 heteroatoms. The molecule has 0 aliphatic carbocycles. The second-order valence-electron chi connectivity index (χ2n) is 3.78. The topological polar surface area (TPSA) is 57.6 Å². The van der Waals surface area contributed by atoms with E-state index in [9.17, 15) is 9.59 Å². The molecule has 1 aromatic rings. The normalized spacial score (nSPS) is 8.85. The van der Waals surface area contributed by atoms with Gasteiger partial charge in [0.05, 0.1) is 24.2 Å². The molecule has 1 amide bonds. The summed E-state index contributed by atoms with van der Waals surface area (Å²) in [6.45, 7) is -0.00202. The molecule has 0 unspecified atom stereocenters. The number of terminal acetylenes is 3. The van der Waals surface area contributed by atoms with Gasteiger partial charge in [0.1, 0.15) is 0 Å². The monoisotopic (exact) mass is 265 g/mol. The molecule has 0 saturated heterocycles. The number of carbonyl (C=O) groups excluding carboxylic acids is 1. The summed E-state index contributed by atoms with van der Waals surface area (Å²) in [6.07, 6.45) is 15.5. The smallest absolute Gasteiger partial charge is 0.336 e. The highest BCUT2D eigenvalue weighted by atomic mass is 16.4. The third kappa shape index (κ3) is 3.19. The summed E-state index contributed by atoms with van der Waals surface area (Å²) >= 11 is 0. The number of carboxylic acids is 1. The van der Waals surface area contributed by atoms with Crippen LogP contribution in [-0.4, -0.2) is 35.0 Å². The summed E-state index contributed by atoms with van der Waals surface area (Å²) in [5.74, 6) is 5.14. The number of carbonyl (C=O) groups is 2. The summed E-state index contributed by atoms with van der Waals surface area (Å²) in [6, 6.07) is 4.12. The van der Waals surface area contributed by atoms with Crippen LogP contribution >= 0.6 is 0 Å². The van der Waals surface area contributed by atoms with Gasteiger partial charge in [-0.3, -0.25) is 4.79 Å². The number of amides is 1. The van der Waals surface area contributed by atoms with Crippen LogP contribution in [0.1, 0.15) is 26.3 Å². The summed E-state index contributed by atoms with van der Waals surface area (Å²) in [5.41, 5.74) is 0.200. The van der Waals surface area contributed by atoms with Crippen molar-refractivity contribution in [2.75, 3.05) is 13.1 Å². The fraction of sp³-hybridized carbons (Fsp3) is 0.125. The molecule has 0 aliphatic rings. The predicted octanol–water partition coefficient (Wildman–Crippen LogP) is 1.07. The fourth-order valence-corrected chi connectivity index (χ4v) is 1.59. The maximum atomic E-state index is 12.3. The summed E-state index contributed by atoms with van der Waals surface area (Å²) in [7, 11) is 0. The molecule has 1 N–H and O–H groups in total. The first-order valence-corrected chi connectivity index (χ1v) is 5.55. The van der Waals surface area contributed by atoms with Crippen LogP contribution in [0.2, 0.25) is 0 Å². The molecule has 0 fully saturated rings. The Morgan fingerprint density at radius 1 is 1.10 bits per heavy atom. The third-order valence-electron chi connectivity index (χ3n) is 2.50. The van der Waals surface area contributed by atoms with E-state index >= 15 is 0 Å². The van der Waals surface area contributed by atoms with Gasteiger partial charge in [-0.05, 0) is 18.2 Å². The van der Waals surface area contributed by atoms with Crippen LogP contribution in [0.4, 0.5) is 0 Å². The highest BCUT2D eigenvalue weighted by Gasteiger charge is 2.21. The number of carboxylic acid groups (broad SMARTS) is 1. The van der Waals surface area contributed by atoms with Gasteiger partial charge in [0.2, 0.25) is 0 Å². The number of hydrogen-bond donors (Lipinski definition) is 1. The first-order valence-electron chi connectivity index (χ1n) is 5.55. The first kappa shape index (κ1) is 14.9. The highest BCUT2D eigenvalue weighted by Crippen LogP contribution is 2.14. The van der Waals surface area contributed by atoms with Crippen LogP contribution in [0.5, 0.6) is 0 Å². The Balaban J connectivity index is 3.29. The zero-order chi connectivity index (χ0) is 15.1. The average Bonchev–Trinajstić information content (AvgIpc) is 2.45. The van der Waals surface area contributed by atoms with Gasteiger partial charge < -0.3 is 10.0 Å². The maximum absolute atomic E-state index is 12.3. The number of aromatic carboxylic acids is 1. The zero-order valence-electron chi connectivity index (χ0n) is 10.6. The molecule has 98 valence electrons. The lowest BCUT2D eigenvalue weighted by atomic mass is 10.0. The predicted molar refractivity (Wildman–Crippen MR) is 74.9 cm³/mol. The Morgan fingerprint density at radius 3 is 2.15 bits per heavy atom. The largest absolute Gasteiger partial charge is 0.478 e. The van der Waals surface area contributed by atoms with Crippen LogP contribution in [0.25, 0.3) is 0 Å². The van der Waals surface area contributed by atoms with Crippen molar-refractivity contribution in [2.24, 2.45) is 0 Å². The van der Waals surface area contributed by atoms with Gasteiger partial charge in [-0.1, -0.05) is 17.8 Å². The minimum Gasteiger partial charge on any atom is -0.478 e. The van der Waals surface area contributed by atoms with Gasteiger partial charge in [-0.15, -0.1) is 19.3 Å². The molecule has 0 saturated carbocycles. The molecule has 1 aromatic carbocycles. The number of rotatable bonds is 4.